The molecule has 0 fully saturated rings. The molecule has 2 heteroatoms. The molecule has 0 amide bonds. The summed E-state index contributed by atoms with van der Waals surface area (Å²) in [6.07, 6.45) is 0. The quantitative estimate of drug-likeness (QED) is 0.647. The number of methoxy groups -OCH3 is 2. The van der Waals surface area contributed by atoms with E-state index in [9.17, 15) is 0 Å². The van der Waals surface area contributed by atoms with Crippen molar-refractivity contribution in [3.8, 4) is 11.5 Å². The third-order valence-electron chi connectivity index (χ3n) is 1.41. The van der Waals surface area contributed by atoms with E-state index >= 15 is 0 Å². The van der Waals surface area contributed by atoms with Gasteiger partial charge in [-0.25, -0.2) is 0 Å². The topological polar surface area (TPSA) is 18.5 Å². The molecule has 0 atom stereocenters. The Morgan fingerprint density at radius 3 is 2.00 bits per heavy atom. The minimum Gasteiger partial charge on any atom is -0.497 e. The molecule has 0 heterocycles. The van der Waals surface area contributed by atoms with E-state index in [0.29, 0.717) is 0 Å². The number of rotatable bonds is 2. The normalized spacial score (nSPS) is 10.5. The van der Waals surface area contributed by atoms with Gasteiger partial charge in [0.05, 0.1) is 14.2 Å². The molecular formula is C9H12O2. The minimum atomic E-state index is 0.244. The molecule has 0 aliphatic heterocycles. The van der Waals surface area contributed by atoms with Gasteiger partial charge in [0.25, 0.3) is 0 Å². The maximum absolute atomic E-state index is 7.18. The lowest BCUT2D eigenvalue weighted by molar-refractivity contribution is 0.394. The third-order valence-corrected chi connectivity index (χ3v) is 1.41. The predicted molar refractivity (Wildman–Crippen MR) is 44.3 cm³/mol. The Balaban J connectivity index is 3.01. The molecule has 0 saturated heterocycles. The standard InChI is InChI=1S/C9H12O2/c1-7-4-8(10-2)6-9(5-7)11-3/h4-6H,1-3H3/i1D. The molecule has 0 aromatic heterocycles. The van der Waals surface area contributed by atoms with Crippen molar-refractivity contribution in [1.29, 1.82) is 0 Å². The average molecular weight is 153 g/mol. The second-order valence-corrected chi connectivity index (χ2v) is 2.22. The number of aryl methyl sites for hydroxylation is 1. The zero-order chi connectivity index (χ0) is 8.97. The van der Waals surface area contributed by atoms with Gasteiger partial charge < -0.3 is 9.47 Å². The lowest BCUT2D eigenvalue weighted by Crippen LogP contribution is -1.87. The van der Waals surface area contributed by atoms with Crippen LogP contribution in [-0.2, 0) is 0 Å². The predicted octanol–water partition coefficient (Wildman–Crippen LogP) is 2.01. The van der Waals surface area contributed by atoms with E-state index in [4.69, 9.17) is 10.8 Å². The van der Waals surface area contributed by atoms with Gasteiger partial charge in [0, 0.05) is 7.44 Å². The highest BCUT2D eigenvalue weighted by atomic mass is 16.5. The summed E-state index contributed by atoms with van der Waals surface area (Å²) in [5.41, 5.74) is 0.895. The van der Waals surface area contributed by atoms with Crippen LogP contribution in [-0.4, -0.2) is 14.2 Å². The fourth-order valence-corrected chi connectivity index (χ4v) is 0.866. The molecule has 1 aromatic rings. The van der Waals surface area contributed by atoms with Gasteiger partial charge >= 0.3 is 0 Å². The molecular weight excluding hydrogens is 140 g/mol. The van der Waals surface area contributed by atoms with Crippen LogP contribution in [0.15, 0.2) is 18.2 Å². The summed E-state index contributed by atoms with van der Waals surface area (Å²) in [5.74, 6) is 1.47. The summed E-state index contributed by atoms with van der Waals surface area (Å²) in [4.78, 5) is 0. The minimum absolute atomic E-state index is 0.244. The van der Waals surface area contributed by atoms with Crippen LogP contribution in [0.25, 0.3) is 0 Å². The van der Waals surface area contributed by atoms with Crippen molar-refractivity contribution in [2.75, 3.05) is 14.2 Å². The summed E-state index contributed by atoms with van der Waals surface area (Å²) >= 11 is 0. The first-order chi connectivity index (χ1) is 5.80. The molecule has 11 heavy (non-hydrogen) atoms. The van der Waals surface area contributed by atoms with Crippen molar-refractivity contribution in [2.24, 2.45) is 0 Å². The fraction of sp³-hybridized carbons (Fsp3) is 0.333. The summed E-state index contributed by atoms with van der Waals surface area (Å²) in [6, 6.07) is 5.45. The molecule has 0 unspecified atom stereocenters. The molecule has 0 radical (unpaired) electrons. The zero-order valence-electron chi connectivity index (χ0n) is 7.76. The second-order valence-electron chi connectivity index (χ2n) is 2.22. The second kappa shape index (κ2) is 3.28. The molecule has 60 valence electrons. The van der Waals surface area contributed by atoms with E-state index in [2.05, 4.69) is 0 Å². The van der Waals surface area contributed by atoms with Crippen molar-refractivity contribution in [3.05, 3.63) is 23.8 Å². The Morgan fingerprint density at radius 2 is 1.64 bits per heavy atom. The van der Waals surface area contributed by atoms with Crippen molar-refractivity contribution in [2.45, 2.75) is 6.90 Å². The lowest BCUT2D eigenvalue weighted by atomic mass is 10.2. The van der Waals surface area contributed by atoms with Gasteiger partial charge in [-0.15, -0.1) is 0 Å². The van der Waals surface area contributed by atoms with Gasteiger partial charge in [0.1, 0.15) is 11.5 Å². The van der Waals surface area contributed by atoms with Crippen LogP contribution in [0.5, 0.6) is 11.5 Å². The van der Waals surface area contributed by atoms with Crippen LogP contribution in [0.2, 0.25) is 0 Å². The van der Waals surface area contributed by atoms with Crippen molar-refractivity contribution in [1.82, 2.24) is 0 Å². The first-order valence-electron chi connectivity index (χ1n) is 4.02. The highest BCUT2D eigenvalue weighted by Crippen LogP contribution is 2.21. The molecule has 1 aromatic carbocycles. The Hall–Kier alpha value is -1.18. The monoisotopic (exact) mass is 153 g/mol. The molecule has 0 saturated carbocycles. The van der Waals surface area contributed by atoms with Crippen molar-refractivity contribution < 1.29 is 10.8 Å². The third kappa shape index (κ3) is 1.87. The van der Waals surface area contributed by atoms with Crippen LogP contribution < -0.4 is 9.47 Å². The van der Waals surface area contributed by atoms with Crippen molar-refractivity contribution >= 4 is 0 Å². The molecule has 2 nitrogen and oxygen atoms in total. The van der Waals surface area contributed by atoms with E-state index in [0.717, 1.165) is 17.1 Å². The van der Waals surface area contributed by atoms with Crippen LogP contribution in [0.3, 0.4) is 0 Å². The zero-order valence-corrected chi connectivity index (χ0v) is 6.76. The summed E-state index contributed by atoms with van der Waals surface area (Å²) in [6.45, 7) is 0.244. The van der Waals surface area contributed by atoms with Gasteiger partial charge in [-0.3, -0.25) is 0 Å². The van der Waals surface area contributed by atoms with Crippen LogP contribution >= 0.6 is 0 Å². The first-order valence-corrected chi connectivity index (χ1v) is 3.31. The number of hydrogen-bond acceptors (Lipinski definition) is 2. The lowest BCUT2D eigenvalue weighted by Gasteiger charge is -2.04. The SMILES string of the molecule is [2H]Cc1cc(OC)cc(OC)c1. The van der Waals surface area contributed by atoms with E-state index in [1.165, 1.54) is 0 Å². The maximum Gasteiger partial charge on any atom is 0.122 e. The Bertz CT molecular complexity index is 205. The summed E-state index contributed by atoms with van der Waals surface area (Å²) in [5, 5.41) is 0. The fourth-order valence-electron chi connectivity index (χ4n) is 0.866. The largest absolute Gasteiger partial charge is 0.497 e. The number of ether oxygens (including phenoxy) is 2. The van der Waals surface area contributed by atoms with Gasteiger partial charge in [0.15, 0.2) is 0 Å². The Morgan fingerprint density at radius 1 is 1.09 bits per heavy atom. The number of hydrogen-bond donors (Lipinski definition) is 0. The van der Waals surface area contributed by atoms with Gasteiger partial charge in [0.2, 0.25) is 0 Å². The molecule has 0 spiro atoms. The average Bonchev–Trinajstić information content (AvgIpc) is 2.16. The van der Waals surface area contributed by atoms with E-state index in [1.54, 1.807) is 20.3 Å². The Labute approximate surface area is 68.2 Å². The van der Waals surface area contributed by atoms with E-state index < -0.39 is 0 Å². The van der Waals surface area contributed by atoms with Gasteiger partial charge in [-0.2, -0.15) is 0 Å². The summed E-state index contributed by atoms with van der Waals surface area (Å²) < 4.78 is 17.2. The molecule has 1 rings (SSSR count). The van der Waals surface area contributed by atoms with Crippen LogP contribution in [0.1, 0.15) is 6.93 Å². The highest BCUT2D eigenvalue weighted by molar-refractivity contribution is 5.37. The van der Waals surface area contributed by atoms with Crippen molar-refractivity contribution in [3.63, 3.8) is 0 Å². The van der Waals surface area contributed by atoms with Crippen LogP contribution in [0, 0.1) is 6.90 Å². The first kappa shape index (κ1) is 6.53. The van der Waals surface area contributed by atoms with E-state index in [1.807, 2.05) is 12.1 Å². The summed E-state index contributed by atoms with van der Waals surface area (Å²) in [7, 11) is 3.20. The van der Waals surface area contributed by atoms with Gasteiger partial charge in [-0.1, -0.05) is 0 Å². The van der Waals surface area contributed by atoms with E-state index in [-0.39, 0.29) is 6.90 Å². The molecule has 0 aliphatic carbocycles. The molecule has 0 bridgehead atoms. The molecule has 0 N–H and O–H groups in total. The van der Waals surface area contributed by atoms with Gasteiger partial charge in [-0.05, 0) is 24.6 Å². The smallest absolute Gasteiger partial charge is 0.122 e. The number of benzene rings is 1. The van der Waals surface area contributed by atoms with Crippen LogP contribution in [0.4, 0.5) is 0 Å². The highest BCUT2D eigenvalue weighted by Gasteiger charge is 1.96. The molecule has 0 aliphatic rings. The maximum atomic E-state index is 7.18. The Kier molecular flexibility index (Phi) is 1.95.